The highest BCUT2D eigenvalue weighted by Crippen LogP contribution is 2.48. The van der Waals surface area contributed by atoms with Crippen LogP contribution in [-0.2, 0) is 17.2 Å². The molecule has 0 radical (unpaired) electrons. The van der Waals surface area contributed by atoms with Gasteiger partial charge in [-0.3, -0.25) is 0 Å². The number of alkyl halides is 3. The fourth-order valence-corrected chi connectivity index (χ4v) is 2.50. The Morgan fingerprint density at radius 1 is 1.22 bits per heavy atom. The van der Waals surface area contributed by atoms with Crippen LogP contribution in [-0.4, -0.2) is 24.0 Å². The molecule has 0 amide bonds. The van der Waals surface area contributed by atoms with E-state index in [1.165, 1.54) is 0 Å². The lowest BCUT2D eigenvalue weighted by atomic mass is 9.78. The van der Waals surface area contributed by atoms with Crippen LogP contribution in [0.2, 0.25) is 0 Å². The van der Waals surface area contributed by atoms with E-state index >= 15 is 0 Å². The molecule has 2 aromatic rings. The van der Waals surface area contributed by atoms with E-state index in [9.17, 15) is 13.2 Å². The molecule has 0 atom stereocenters. The van der Waals surface area contributed by atoms with Crippen molar-refractivity contribution < 1.29 is 17.9 Å². The van der Waals surface area contributed by atoms with Gasteiger partial charge in [-0.15, -0.1) is 0 Å². The van der Waals surface area contributed by atoms with Crippen LogP contribution in [0, 0.1) is 0 Å². The van der Waals surface area contributed by atoms with Gasteiger partial charge in [0.2, 0.25) is 0 Å². The summed E-state index contributed by atoms with van der Waals surface area (Å²) in [5, 5.41) is 0.653. The molecule has 1 saturated heterocycles. The molecular formula is C13H12F3NO. The Morgan fingerprint density at radius 3 is 2.44 bits per heavy atom. The standard InChI is InChI=1S/C13H12F3NO/c1-17-6-10(9-4-2-3-5-11(9)17)12(7-18-8-12)13(14,15)16/h2-6H,7-8H2,1H3. The van der Waals surface area contributed by atoms with E-state index < -0.39 is 11.6 Å². The van der Waals surface area contributed by atoms with Crippen LogP contribution >= 0.6 is 0 Å². The average Bonchev–Trinajstić information content (AvgIpc) is 2.54. The maximum absolute atomic E-state index is 13.3. The lowest BCUT2D eigenvalue weighted by Gasteiger charge is -2.42. The van der Waals surface area contributed by atoms with Crippen LogP contribution in [0.4, 0.5) is 13.2 Å². The number of nitrogens with zero attached hydrogens (tertiary/aromatic N) is 1. The molecule has 5 heteroatoms. The van der Waals surface area contributed by atoms with E-state index in [0.29, 0.717) is 10.9 Å². The summed E-state index contributed by atoms with van der Waals surface area (Å²) in [6, 6.07) is 7.14. The van der Waals surface area contributed by atoms with Gasteiger partial charge < -0.3 is 9.30 Å². The van der Waals surface area contributed by atoms with Crippen molar-refractivity contribution in [1.29, 1.82) is 0 Å². The minimum Gasteiger partial charge on any atom is -0.379 e. The van der Waals surface area contributed by atoms with Gasteiger partial charge in [-0.25, -0.2) is 0 Å². The number of hydrogen-bond donors (Lipinski definition) is 0. The predicted molar refractivity (Wildman–Crippen MR) is 61.5 cm³/mol. The smallest absolute Gasteiger partial charge is 0.379 e. The molecule has 2 heterocycles. The minimum absolute atomic E-state index is 0.287. The van der Waals surface area contributed by atoms with Crippen LogP contribution in [0.25, 0.3) is 10.9 Å². The van der Waals surface area contributed by atoms with Gasteiger partial charge in [-0.05, 0) is 11.6 Å². The van der Waals surface area contributed by atoms with Gasteiger partial charge in [0, 0.05) is 24.1 Å². The van der Waals surface area contributed by atoms with Crippen molar-refractivity contribution in [1.82, 2.24) is 4.57 Å². The minimum atomic E-state index is -4.28. The SMILES string of the molecule is Cn1cc(C2(C(F)(F)F)COC2)c2ccccc21. The maximum Gasteiger partial charge on any atom is 0.402 e. The van der Waals surface area contributed by atoms with Crippen molar-refractivity contribution in [3.05, 3.63) is 36.0 Å². The van der Waals surface area contributed by atoms with Gasteiger partial charge in [0.15, 0.2) is 0 Å². The number of fused-ring (bicyclic) bond motifs is 1. The number of rotatable bonds is 1. The number of aromatic nitrogens is 1. The van der Waals surface area contributed by atoms with Crippen LogP contribution in [0.15, 0.2) is 30.5 Å². The number of para-hydroxylation sites is 1. The lowest BCUT2D eigenvalue weighted by Crippen LogP contribution is -2.57. The summed E-state index contributed by atoms with van der Waals surface area (Å²) < 4.78 is 46.4. The van der Waals surface area contributed by atoms with Crippen LogP contribution in [0.5, 0.6) is 0 Å². The molecule has 0 spiro atoms. The molecule has 96 valence electrons. The highest BCUT2D eigenvalue weighted by atomic mass is 19.4. The summed E-state index contributed by atoms with van der Waals surface area (Å²) in [5.41, 5.74) is -0.712. The molecule has 3 rings (SSSR count). The summed E-state index contributed by atoms with van der Waals surface area (Å²) in [5.74, 6) is 0. The topological polar surface area (TPSA) is 14.2 Å². The summed E-state index contributed by atoms with van der Waals surface area (Å²) in [6.07, 6.45) is -2.71. The summed E-state index contributed by atoms with van der Waals surface area (Å²) in [6.45, 7) is -0.574. The van der Waals surface area contributed by atoms with Gasteiger partial charge in [-0.2, -0.15) is 13.2 Å². The van der Waals surface area contributed by atoms with E-state index in [1.807, 2.05) is 12.1 Å². The van der Waals surface area contributed by atoms with E-state index in [0.717, 1.165) is 5.52 Å². The molecule has 0 aliphatic carbocycles. The number of hydrogen-bond acceptors (Lipinski definition) is 1. The predicted octanol–water partition coefficient (Wildman–Crippen LogP) is 3.01. The van der Waals surface area contributed by atoms with Gasteiger partial charge in [-0.1, -0.05) is 18.2 Å². The first kappa shape index (κ1) is 11.6. The molecule has 0 N–H and O–H groups in total. The van der Waals surface area contributed by atoms with Gasteiger partial charge >= 0.3 is 6.18 Å². The van der Waals surface area contributed by atoms with Crippen molar-refractivity contribution in [2.45, 2.75) is 11.6 Å². The Morgan fingerprint density at radius 2 is 1.89 bits per heavy atom. The van der Waals surface area contributed by atoms with Crippen molar-refractivity contribution in [3.8, 4) is 0 Å². The number of benzene rings is 1. The van der Waals surface area contributed by atoms with Crippen LogP contribution in [0.1, 0.15) is 5.56 Å². The molecule has 1 aromatic carbocycles. The van der Waals surface area contributed by atoms with Crippen LogP contribution in [0.3, 0.4) is 0 Å². The van der Waals surface area contributed by atoms with Crippen molar-refractivity contribution in [2.75, 3.05) is 13.2 Å². The molecule has 1 aromatic heterocycles. The number of ether oxygens (including phenoxy) is 1. The Labute approximate surface area is 102 Å². The summed E-state index contributed by atoms with van der Waals surface area (Å²) in [7, 11) is 1.76. The third kappa shape index (κ3) is 1.34. The van der Waals surface area contributed by atoms with Gasteiger partial charge in [0.25, 0.3) is 0 Å². The first-order valence-corrected chi connectivity index (χ1v) is 5.65. The zero-order chi connectivity index (χ0) is 13.0. The number of halogens is 3. The first-order chi connectivity index (χ1) is 8.46. The van der Waals surface area contributed by atoms with Gasteiger partial charge in [0.05, 0.1) is 13.2 Å². The van der Waals surface area contributed by atoms with Crippen molar-refractivity contribution in [3.63, 3.8) is 0 Å². The second-order valence-electron chi connectivity index (χ2n) is 4.74. The quantitative estimate of drug-likeness (QED) is 0.764. The Bertz CT molecular complexity index is 596. The van der Waals surface area contributed by atoms with Crippen molar-refractivity contribution >= 4 is 10.9 Å². The Balaban J connectivity index is 2.26. The van der Waals surface area contributed by atoms with Gasteiger partial charge in [0.1, 0.15) is 5.41 Å². The van der Waals surface area contributed by atoms with E-state index in [4.69, 9.17) is 4.74 Å². The molecule has 0 saturated carbocycles. The lowest BCUT2D eigenvalue weighted by molar-refractivity contribution is -0.261. The third-order valence-electron chi connectivity index (χ3n) is 3.65. The molecular weight excluding hydrogens is 243 g/mol. The van der Waals surface area contributed by atoms with E-state index in [1.54, 1.807) is 29.9 Å². The zero-order valence-electron chi connectivity index (χ0n) is 9.79. The average molecular weight is 255 g/mol. The molecule has 1 aliphatic heterocycles. The van der Waals surface area contributed by atoms with Crippen molar-refractivity contribution in [2.24, 2.45) is 7.05 Å². The molecule has 1 fully saturated rings. The molecule has 1 aliphatic rings. The Hall–Kier alpha value is -1.49. The molecule has 0 bridgehead atoms. The highest BCUT2D eigenvalue weighted by molar-refractivity contribution is 5.85. The van der Waals surface area contributed by atoms with Crippen LogP contribution < -0.4 is 0 Å². The summed E-state index contributed by atoms with van der Waals surface area (Å²) >= 11 is 0. The first-order valence-electron chi connectivity index (χ1n) is 5.65. The fourth-order valence-electron chi connectivity index (χ4n) is 2.50. The van der Waals surface area contributed by atoms with E-state index in [2.05, 4.69) is 0 Å². The third-order valence-corrected chi connectivity index (χ3v) is 3.65. The second-order valence-corrected chi connectivity index (χ2v) is 4.74. The second kappa shape index (κ2) is 3.51. The van der Waals surface area contributed by atoms with E-state index in [-0.39, 0.29) is 13.2 Å². The Kier molecular flexibility index (Phi) is 2.26. The monoisotopic (exact) mass is 255 g/mol. The highest BCUT2D eigenvalue weighted by Gasteiger charge is 2.61. The normalized spacial score (nSPS) is 18.9. The molecule has 18 heavy (non-hydrogen) atoms. The molecule has 0 unspecified atom stereocenters. The largest absolute Gasteiger partial charge is 0.402 e. The number of aryl methyl sites for hydroxylation is 1. The summed E-state index contributed by atoms with van der Waals surface area (Å²) in [4.78, 5) is 0. The molecule has 2 nitrogen and oxygen atoms in total. The maximum atomic E-state index is 13.3. The fraction of sp³-hybridized carbons (Fsp3) is 0.385. The zero-order valence-corrected chi connectivity index (χ0v) is 9.79.